The number of ether oxygens (including phenoxy) is 2. The van der Waals surface area contributed by atoms with Crippen molar-refractivity contribution in [2.75, 3.05) is 36.9 Å². The zero-order valence-corrected chi connectivity index (χ0v) is 18.4. The maximum absolute atomic E-state index is 12.3. The van der Waals surface area contributed by atoms with E-state index in [0.29, 0.717) is 33.3 Å². The van der Waals surface area contributed by atoms with Gasteiger partial charge in [0.1, 0.15) is 37.9 Å². The van der Waals surface area contributed by atoms with Crippen molar-refractivity contribution in [2.45, 2.75) is 0 Å². The van der Waals surface area contributed by atoms with Crippen molar-refractivity contribution < 1.29 is 19.1 Å². The smallest absolute Gasteiger partial charge is 0.119 e. The Hall–Kier alpha value is -3.82. The highest BCUT2D eigenvalue weighted by Crippen LogP contribution is 2.26. The Morgan fingerprint density at radius 3 is 1.32 bits per heavy atom. The van der Waals surface area contributed by atoms with Crippen LogP contribution in [0.25, 0.3) is 10.8 Å². The van der Waals surface area contributed by atoms with Crippen LogP contribution in [0.5, 0.6) is 11.5 Å². The summed E-state index contributed by atoms with van der Waals surface area (Å²) in [6.07, 6.45) is 0. The van der Waals surface area contributed by atoms with Gasteiger partial charge in [0, 0.05) is 0 Å². The first kappa shape index (κ1) is 23.3. The lowest BCUT2D eigenvalue weighted by molar-refractivity contribution is 0.0983. The lowest BCUT2D eigenvalue weighted by Gasteiger charge is -2.30. The van der Waals surface area contributed by atoms with E-state index in [4.69, 9.17) is 19.1 Å². The van der Waals surface area contributed by atoms with Crippen molar-refractivity contribution in [2.24, 2.45) is 0 Å². The molecule has 0 aliphatic heterocycles. The molecule has 4 aromatic carbocycles. The second-order valence-corrected chi connectivity index (χ2v) is 7.22. The average molecular weight is 460 g/mol. The molecule has 0 aliphatic rings. The number of para-hydroxylation sites is 2. The Bertz CT molecular complexity index is 1070. The molecule has 0 unspecified atom stereocenters. The Labute approximate surface area is 197 Å². The Kier molecular flexibility index (Phi) is 8.15. The van der Waals surface area contributed by atoms with Crippen LogP contribution in [0, 0.1) is 10.4 Å². The standard InChI is InChI=1S/C26H24N2O6/c29-27(33-17-15-31-25-7-3-1-4-8-25)23-13-11-22-20-24(14-12-21(22)19-23)28(30)34-18-16-32-26-9-5-2-6-10-26/h1-14,19-20H,15-18H2/q-2. The largest absolute Gasteiger partial charge is 0.733 e. The van der Waals surface area contributed by atoms with Gasteiger partial charge in [-0.1, -0.05) is 48.5 Å². The zero-order chi connectivity index (χ0) is 23.6. The average Bonchev–Trinajstić information content (AvgIpc) is 2.89. The van der Waals surface area contributed by atoms with Gasteiger partial charge in [0.2, 0.25) is 0 Å². The van der Waals surface area contributed by atoms with E-state index in [-0.39, 0.29) is 26.4 Å². The second-order valence-electron chi connectivity index (χ2n) is 7.22. The Balaban J connectivity index is 1.26. The van der Waals surface area contributed by atoms with Crippen molar-refractivity contribution in [3.05, 3.63) is 107 Å². The quantitative estimate of drug-likeness (QED) is 0.203. The van der Waals surface area contributed by atoms with Gasteiger partial charge in [-0.25, -0.2) is 0 Å². The van der Waals surface area contributed by atoms with Gasteiger partial charge < -0.3 is 30.3 Å². The molecule has 8 heteroatoms. The van der Waals surface area contributed by atoms with Crippen molar-refractivity contribution in [1.82, 2.24) is 0 Å². The summed E-state index contributed by atoms with van der Waals surface area (Å²) in [4.78, 5) is 10.4. The highest BCUT2D eigenvalue weighted by molar-refractivity contribution is 5.88. The van der Waals surface area contributed by atoms with Crippen LogP contribution in [0.3, 0.4) is 0 Å². The molecule has 0 amide bonds. The van der Waals surface area contributed by atoms with Crippen LogP contribution in [-0.4, -0.2) is 26.4 Å². The van der Waals surface area contributed by atoms with E-state index in [2.05, 4.69) is 0 Å². The summed E-state index contributed by atoms with van der Waals surface area (Å²) < 4.78 is 11.0. The lowest BCUT2D eigenvalue weighted by Crippen LogP contribution is -2.20. The molecule has 0 aromatic heterocycles. The topological polar surface area (TPSA) is 89.5 Å². The van der Waals surface area contributed by atoms with Gasteiger partial charge in [-0.15, -0.1) is 0 Å². The van der Waals surface area contributed by atoms with Crippen LogP contribution in [-0.2, 0) is 9.68 Å². The van der Waals surface area contributed by atoms with E-state index >= 15 is 0 Å². The number of rotatable bonds is 12. The van der Waals surface area contributed by atoms with E-state index in [9.17, 15) is 10.4 Å². The third-order valence-electron chi connectivity index (χ3n) is 4.84. The van der Waals surface area contributed by atoms with Crippen molar-refractivity contribution in [3.8, 4) is 11.5 Å². The van der Waals surface area contributed by atoms with E-state index in [1.807, 2.05) is 60.7 Å². The number of hydrogen-bond acceptors (Lipinski definition) is 8. The molecule has 176 valence electrons. The summed E-state index contributed by atoms with van der Waals surface area (Å²) in [5, 5.41) is 27.0. The van der Waals surface area contributed by atoms with Gasteiger partial charge >= 0.3 is 0 Å². The first-order valence-corrected chi connectivity index (χ1v) is 10.8. The fourth-order valence-electron chi connectivity index (χ4n) is 3.19. The summed E-state index contributed by atoms with van der Waals surface area (Å²) in [6.45, 7) is 0.697. The molecule has 0 fully saturated rings. The minimum atomic E-state index is 0.103. The maximum atomic E-state index is 12.3. The lowest BCUT2D eigenvalue weighted by atomic mass is 10.1. The van der Waals surface area contributed by atoms with Gasteiger partial charge in [0.25, 0.3) is 0 Å². The molecule has 4 rings (SSSR count). The van der Waals surface area contributed by atoms with E-state index < -0.39 is 0 Å². The van der Waals surface area contributed by atoms with Crippen molar-refractivity contribution in [1.29, 1.82) is 0 Å². The molecular formula is C26H24N2O6-2. The number of nitrogens with zero attached hydrogens (tertiary/aromatic N) is 2. The van der Waals surface area contributed by atoms with Crippen LogP contribution in [0.2, 0.25) is 0 Å². The van der Waals surface area contributed by atoms with E-state index in [1.54, 1.807) is 36.4 Å². The summed E-state index contributed by atoms with van der Waals surface area (Å²) in [5.41, 5.74) is 0.682. The number of anilines is 2. The van der Waals surface area contributed by atoms with Gasteiger partial charge in [0.15, 0.2) is 0 Å². The molecule has 0 atom stereocenters. The minimum absolute atomic E-state index is 0.103. The van der Waals surface area contributed by atoms with Crippen LogP contribution in [0.1, 0.15) is 0 Å². The zero-order valence-electron chi connectivity index (χ0n) is 18.4. The molecule has 0 saturated heterocycles. The van der Waals surface area contributed by atoms with Crippen LogP contribution >= 0.6 is 0 Å². The van der Waals surface area contributed by atoms with Gasteiger partial charge in [-0.3, -0.25) is 9.68 Å². The molecule has 8 nitrogen and oxygen atoms in total. The predicted molar refractivity (Wildman–Crippen MR) is 131 cm³/mol. The molecular weight excluding hydrogens is 436 g/mol. The molecule has 0 aliphatic carbocycles. The van der Waals surface area contributed by atoms with Crippen molar-refractivity contribution >= 4 is 22.1 Å². The third-order valence-corrected chi connectivity index (χ3v) is 4.84. The first-order valence-electron chi connectivity index (χ1n) is 10.8. The Morgan fingerprint density at radius 1 is 0.500 bits per heavy atom. The molecule has 0 bridgehead atoms. The van der Waals surface area contributed by atoms with Gasteiger partial charge in [0.05, 0.1) is 11.4 Å². The van der Waals surface area contributed by atoms with Crippen LogP contribution < -0.4 is 19.9 Å². The monoisotopic (exact) mass is 460 g/mol. The highest BCUT2D eigenvalue weighted by atomic mass is 16.9. The predicted octanol–water partition coefficient (Wildman–Crippen LogP) is 5.47. The summed E-state index contributed by atoms with van der Waals surface area (Å²) in [7, 11) is 0. The number of fused-ring (bicyclic) bond motifs is 1. The molecule has 0 heterocycles. The van der Waals surface area contributed by atoms with Gasteiger partial charge in [-0.05, 0) is 59.3 Å². The molecule has 0 saturated carbocycles. The maximum Gasteiger partial charge on any atom is 0.119 e. The van der Waals surface area contributed by atoms with E-state index in [0.717, 1.165) is 10.8 Å². The molecule has 4 aromatic rings. The highest BCUT2D eigenvalue weighted by Gasteiger charge is 2.04. The number of hydrogen-bond donors (Lipinski definition) is 0. The number of benzene rings is 4. The normalized spacial score (nSPS) is 10.8. The van der Waals surface area contributed by atoms with Crippen LogP contribution in [0.15, 0.2) is 97.1 Å². The fraction of sp³-hybridized carbons (Fsp3) is 0.154. The van der Waals surface area contributed by atoms with Crippen LogP contribution in [0.4, 0.5) is 11.4 Å². The third kappa shape index (κ3) is 6.60. The first-order chi connectivity index (χ1) is 16.7. The summed E-state index contributed by atoms with van der Waals surface area (Å²) >= 11 is 0. The minimum Gasteiger partial charge on any atom is -0.733 e. The fourth-order valence-corrected chi connectivity index (χ4v) is 3.19. The molecule has 0 N–H and O–H groups in total. The molecule has 0 spiro atoms. The van der Waals surface area contributed by atoms with Gasteiger partial charge in [-0.2, -0.15) is 0 Å². The summed E-state index contributed by atoms with van der Waals surface area (Å²) in [6, 6.07) is 28.7. The van der Waals surface area contributed by atoms with Crippen molar-refractivity contribution in [3.63, 3.8) is 0 Å². The Morgan fingerprint density at radius 2 is 0.912 bits per heavy atom. The molecule has 0 radical (unpaired) electrons. The second kappa shape index (κ2) is 11.9. The SMILES string of the molecule is [O-]N(OCCOc1ccccc1)c1ccc2cc(N([O-])OCCOc3ccccc3)ccc2c1. The molecule has 34 heavy (non-hydrogen) atoms. The van der Waals surface area contributed by atoms with E-state index in [1.165, 1.54) is 0 Å². The summed E-state index contributed by atoms with van der Waals surface area (Å²) in [5.74, 6) is 1.43.